The minimum Gasteiger partial charge on any atom is -0.489 e. The Labute approximate surface area is 115 Å². The predicted molar refractivity (Wildman–Crippen MR) is 73.4 cm³/mol. The molecule has 0 aliphatic rings. The highest BCUT2D eigenvalue weighted by molar-refractivity contribution is 7.09. The number of rotatable bonds is 5. The van der Waals surface area contributed by atoms with E-state index in [2.05, 4.69) is 9.97 Å². The highest BCUT2D eigenvalue weighted by Crippen LogP contribution is 2.17. The molecule has 2 heterocycles. The summed E-state index contributed by atoms with van der Waals surface area (Å²) < 4.78 is 5.51. The molecule has 0 bridgehead atoms. The first kappa shape index (κ1) is 13.6. The summed E-state index contributed by atoms with van der Waals surface area (Å²) in [6.07, 6.45) is 3.13. The molecular weight excluding hydrogens is 262 g/mol. The van der Waals surface area contributed by atoms with Crippen LogP contribution in [0.5, 0.6) is 5.75 Å². The van der Waals surface area contributed by atoms with E-state index in [0.29, 0.717) is 23.6 Å². The first-order valence-electron chi connectivity index (χ1n) is 5.91. The van der Waals surface area contributed by atoms with Gasteiger partial charge in [-0.1, -0.05) is 0 Å². The fourth-order valence-electron chi connectivity index (χ4n) is 1.54. The van der Waals surface area contributed by atoms with Crippen molar-refractivity contribution in [1.29, 1.82) is 0 Å². The number of nitrogens with two attached hydrogens (primary N) is 1. The molecule has 0 radical (unpaired) electrons. The van der Waals surface area contributed by atoms with Crippen LogP contribution < -0.4 is 10.5 Å². The van der Waals surface area contributed by atoms with Crippen LogP contribution in [0.2, 0.25) is 0 Å². The summed E-state index contributed by atoms with van der Waals surface area (Å²) in [5.41, 5.74) is 6.35. The Bertz CT molecular complexity index is 581. The summed E-state index contributed by atoms with van der Waals surface area (Å²) in [7, 11) is 0. The summed E-state index contributed by atoms with van der Waals surface area (Å²) in [6, 6.07) is 1.68. The van der Waals surface area contributed by atoms with Crippen LogP contribution >= 0.6 is 11.3 Å². The van der Waals surface area contributed by atoms with E-state index in [1.54, 1.807) is 17.6 Å². The number of ether oxygens (including phenoxy) is 1. The van der Waals surface area contributed by atoms with Crippen LogP contribution in [0.1, 0.15) is 34.9 Å². The van der Waals surface area contributed by atoms with E-state index in [1.165, 1.54) is 17.5 Å². The number of pyridine rings is 1. The van der Waals surface area contributed by atoms with Gasteiger partial charge in [0.15, 0.2) is 0 Å². The van der Waals surface area contributed by atoms with Crippen molar-refractivity contribution in [2.24, 2.45) is 5.73 Å². The lowest BCUT2D eigenvalue weighted by Gasteiger charge is -2.09. The topological polar surface area (TPSA) is 78.1 Å². The zero-order valence-corrected chi connectivity index (χ0v) is 11.6. The molecular formula is C13H15N3O2S. The third-order valence-corrected chi connectivity index (χ3v) is 3.18. The van der Waals surface area contributed by atoms with Gasteiger partial charge in [-0.3, -0.25) is 9.78 Å². The number of hydrogen-bond donors (Lipinski definition) is 1. The number of nitrogens with zero attached hydrogens (tertiary/aromatic N) is 2. The zero-order chi connectivity index (χ0) is 13.8. The lowest BCUT2D eigenvalue weighted by atomic mass is 10.1. The van der Waals surface area contributed by atoms with Crippen LogP contribution in [0, 0.1) is 0 Å². The lowest BCUT2D eigenvalue weighted by Crippen LogP contribution is -2.08. The zero-order valence-electron chi connectivity index (χ0n) is 10.8. The van der Waals surface area contributed by atoms with Gasteiger partial charge >= 0.3 is 0 Å². The van der Waals surface area contributed by atoms with Crippen molar-refractivity contribution in [1.82, 2.24) is 9.97 Å². The van der Waals surface area contributed by atoms with Crippen molar-refractivity contribution in [3.05, 3.63) is 40.1 Å². The van der Waals surface area contributed by atoms with Gasteiger partial charge in [-0.15, -0.1) is 11.3 Å². The summed E-state index contributed by atoms with van der Waals surface area (Å²) in [5, 5.41) is 2.45. The van der Waals surface area contributed by atoms with Crippen molar-refractivity contribution >= 4 is 17.1 Å². The number of aromatic nitrogens is 2. The van der Waals surface area contributed by atoms with Crippen LogP contribution in [0.3, 0.4) is 0 Å². The van der Waals surface area contributed by atoms with Gasteiger partial charge in [0.25, 0.3) is 0 Å². The Hall–Kier alpha value is -1.79. The molecule has 2 N–H and O–H groups in total. The minimum atomic E-state index is -0.169. The van der Waals surface area contributed by atoms with Crippen molar-refractivity contribution in [2.75, 3.05) is 0 Å². The average molecular weight is 277 g/mol. The van der Waals surface area contributed by atoms with Gasteiger partial charge < -0.3 is 10.5 Å². The molecule has 0 saturated heterocycles. The molecule has 0 spiro atoms. The summed E-state index contributed by atoms with van der Waals surface area (Å²) in [6.45, 7) is 4.18. The van der Waals surface area contributed by atoms with E-state index in [0.717, 1.165) is 5.01 Å². The van der Waals surface area contributed by atoms with Crippen LogP contribution in [-0.4, -0.2) is 21.9 Å². The summed E-state index contributed by atoms with van der Waals surface area (Å²) in [4.78, 5) is 20.4. The molecule has 0 amide bonds. The molecule has 0 aromatic carbocycles. The molecule has 0 saturated carbocycles. The summed E-state index contributed by atoms with van der Waals surface area (Å²) in [5.74, 6) is 0.410. The summed E-state index contributed by atoms with van der Waals surface area (Å²) >= 11 is 1.38. The Kier molecular flexibility index (Phi) is 4.24. The molecule has 0 unspecified atom stereocenters. The van der Waals surface area contributed by atoms with Crippen molar-refractivity contribution in [3.63, 3.8) is 0 Å². The SMILES string of the molecule is CC(C)Oc1cncc(C(=O)c2csc(CN)n2)c1. The monoisotopic (exact) mass is 277 g/mol. The molecule has 0 aliphatic carbocycles. The smallest absolute Gasteiger partial charge is 0.213 e. The molecule has 2 rings (SSSR count). The molecule has 6 heteroatoms. The second-order valence-corrected chi connectivity index (χ2v) is 5.18. The first-order chi connectivity index (χ1) is 9.10. The highest BCUT2D eigenvalue weighted by Gasteiger charge is 2.14. The van der Waals surface area contributed by atoms with E-state index in [4.69, 9.17) is 10.5 Å². The lowest BCUT2D eigenvalue weighted by molar-refractivity contribution is 0.103. The Balaban J connectivity index is 2.23. The van der Waals surface area contributed by atoms with Crippen molar-refractivity contribution in [3.8, 4) is 5.75 Å². The predicted octanol–water partition coefficient (Wildman–Crippen LogP) is 2.02. The maximum absolute atomic E-state index is 12.2. The molecule has 0 atom stereocenters. The van der Waals surface area contributed by atoms with E-state index < -0.39 is 0 Å². The minimum absolute atomic E-state index is 0.0373. The average Bonchev–Trinajstić information content (AvgIpc) is 2.86. The third-order valence-electron chi connectivity index (χ3n) is 2.31. The van der Waals surface area contributed by atoms with E-state index in [9.17, 15) is 4.79 Å². The molecule has 2 aromatic rings. The molecule has 2 aromatic heterocycles. The molecule has 19 heavy (non-hydrogen) atoms. The standard InChI is InChI=1S/C13H15N3O2S/c1-8(2)18-10-3-9(5-15-6-10)13(17)11-7-19-12(4-14)16-11/h3,5-8H,4,14H2,1-2H3. The normalized spacial score (nSPS) is 10.7. The maximum Gasteiger partial charge on any atom is 0.213 e. The third kappa shape index (κ3) is 3.36. The van der Waals surface area contributed by atoms with E-state index >= 15 is 0 Å². The number of hydrogen-bond acceptors (Lipinski definition) is 6. The van der Waals surface area contributed by atoms with Gasteiger partial charge in [0.1, 0.15) is 16.5 Å². The first-order valence-corrected chi connectivity index (χ1v) is 6.79. The van der Waals surface area contributed by atoms with Crippen LogP contribution in [0.15, 0.2) is 23.8 Å². The van der Waals surface area contributed by atoms with Crippen molar-refractivity contribution in [2.45, 2.75) is 26.5 Å². The number of ketones is 1. The van der Waals surface area contributed by atoms with Gasteiger partial charge in [0.05, 0.1) is 12.3 Å². The number of carbonyl (C=O) groups is 1. The van der Waals surface area contributed by atoms with Gasteiger partial charge in [-0.25, -0.2) is 4.98 Å². The fraction of sp³-hybridized carbons (Fsp3) is 0.308. The van der Waals surface area contributed by atoms with Gasteiger partial charge in [0.2, 0.25) is 5.78 Å². The Morgan fingerprint density at radius 3 is 2.89 bits per heavy atom. The Morgan fingerprint density at radius 1 is 1.47 bits per heavy atom. The van der Waals surface area contributed by atoms with Gasteiger partial charge in [0, 0.05) is 23.7 Å². The molecule has 5 nitrogen and oxygen atoms in total. The van der Waals surface area contributed by atoms with E-state index in [-0.39, 0.29) is 11.9 Å². The van der Waals surface area contributed by atoms with Crippen LogP contribution in [0.4, 0.5) is 0 Å². The molecule has 100 valence electrons. The van der Waals surface area contributed by atoms with Gasteiger partial charge in [-0.2, -0.15) is 0 Å². The second-order valence-electron chi connectivity index (χ2n) is 4.24. The highest BCUT2D eigenvalue weighted by atomic mass is 32.1. The maximum atomic E-state index is 12.2. The van der Waals surface area contributed by atoms with Crippen LogP contribution in [0.25, 0.3) is 0 Å². The number of carbonyl (C=O) groups excluding carboxylic acids is 1. The second kappa shape index (κ2) is 5.90. The van der Waals surface area contributed by atoms with Crippen molar-refractivity contribution < 1.29 is 9.53 Å². The fourth-order valence-corrected chi connectivity index (χ4v) is 2.19. The quantitative estimate of drug-likeness (QED) is 0.846. The molecule has 0 aliphatic heterocycles. The van der Waals surface area contributed by atoms with Crippen LogP contribution in [-0.2, 0) is 6.54 Å². The Morgan fingerprint density at radius 2 is 2.26 bits per heavy atom. The van der Waals surface area contributed by atoms with Gasteiger partial charge in [-0.05, 0) is 19.9 Å². The molecule has 0 fully saturated rings. The largest absolute Gasteiger partial charge is 0.489 e. The van der Waals surface area contributed by atoms with E-state index in [1.807, 2.05) is 13.8 Å². The number of thiazole rings is 1.